The molecule has 0 atom stereocenters. The number of hydrogen-bond acceptors (Lipinski definition) is 2. The molecule has 2 heteroatoms. The lowest BCUT2D eigenvalue weighted by Gasteiger charge is -2.35. The van der Waals surface area contributed by atoms with E-state index in [0.717, 1.165) is 50.1 Å². The maximum Gasteiger partial charge on any atom is 0.143 e. The summed E-state index contributed by atoms with van der Waals surface area (Å²) in [6, 6.07) is 100. The van der Waals surface area contributed by atoms with Gasteiger partial charge in [0, 0.05) is 33.4 Å². The van der Waals surface area contributed by atoms with Gasteiger partial charge in [-0.15, -0.1) is 0 Å². The van der Waals surface area contributed by atoms with Crippen LogP contribution in [0.5, 0.6) is 0 Å². The van der Waals surface area contributed by atoms with Crippen LogP contribution in [0.1, 0.15) is 44.5 Å². The first-order valence-corrected chi connectivity index (χ1v) is 24.2. The molecule has 0 amide bonds. The molecule has 0 spiro atoms. The predicted octanol–water partition coefficient (Wildman–Crippen LogP) is 17.4. The van der Waals surface area contributed by atoms with Crippen LogP contribution in [0.25, 0.3) is 55.3 Å². The number of para-hydroxylation sites is 2. The maximum absolute atomic E-state index is 6.52. The minimum atomic E-state index is -0.488. The van der Waals surface area contributed by atoms with Gasteiger partial charge in [-0.25, -0.2) is 0 Å². The molecule has 2 nitrogen and oxygen atoms in total. The van der Waals surface area contributed by atoms with Gasteiger partial charge in [0.2, 0.25) is 0 Å². The zero-order chi connectivity index (χ0) is 46.2. The topological polar surface area (TPSA) is 16.4 Å². The van der Waals surface area contributed by atoms with Gasteiger partial charge in [-0.3, -0.25) is 0 Å². The number of benzene rings is 11. The van der Waals surface area contributed by atoms with Crippen LogP contribution >= 0.6 is 0 Å². The Balaban J connectivity index is 0.937. The third-order valence-electron chi connectivity index (χ3n) is 15.3. The molecule has 2 aliphatic rings. The fourth-order valence-electron chi connectivity index (χ4n) is 12.4. The molecule has 2 aliphatic carbocycles. The number of nitrogens with zero attached hydrogens (tertiary/aromatic N) is 1. The summed E-state index contributed by atoms with van der Waals surface area (Å²) < 4.78 is 6.52. The Morgan fingerprint density at radius 2 is 0.600 bits per heavy atom. The number of furan rings is 1. The number of rotatable bonds is 8. The van der Waals surface area contributed by atoms with Crippen LogP contribution in [-0.4, -0.2) is 0 Å². The van der Waals surface area contributed by atoms with E-state index in [-0.39, 0.29) is 0 Å². The average molecular weight is 892 g/mol. The van der Waals surface area contributed by atoms with Crippen molar-refractivity contribution in [2.45, 2.75) is 10.8 Å². The minimum absolute atomic E-state index is 0.488. The van der Waals surface area contributed by atoms with Crippen molar-refractivity contribution in [3.8, 4) is 33.4 Å². The second-order valence-corrected chi connectivity index (χ2v) is 18.7. The molecule has 14 rings (SSSR count). The number of fused-ring (bicyclic) bond motifs is 9. The van der Waals surface area contributed by atoms with E-state index in [0.29, 0.717) is 0 Å². The average Bonchev–Trinajstić information content (AvgIpc) is 4.08. The van der Waals surface area contributed by atoms with E-state index in [2.05, 4.69) is 272 Å². The first-order chi connectivity index (χ1) is 34.7. The van der Waals surface area contributed by atoms with E-state index >= 15 is 0 Å². The Morgan fingerprint density at radius 3 is 1.06 bits per heavy atom. The molecule has 11 aromatic carbocycles. The second kappa shape index (κ2) is 15.8. The summed E-state index contributed by atoms with van der Waals surface area (Å²) in [6.45, 7) is 0. The highest BCUT2D eigenvalue weighted by Crippen LogP contribution is 2.58. The van der Waals surface area contributed by atoms with Crippen molar-refractivity contribution in [2.24, 2.45) is 0 Å². The van der Waals surface area contributed by atoms with E-state index in [9.17, 15) is 0 Å². The second-order valence-electron chi connectivity index (χ2n) is 18.7. The number of anilines is 3. The summed E-state index contributed by atoms with van der Waals surface area (Å²) in [4.78, 5) is 2.40. The summed E-state index contributed by atoms with van der Waals surface area (Å²) in [7, 11) is 0. The Labute approximate surface area is 408 Å². The summed E-state index contributed by atoms with van der Waals surface area (Å²) in [6.07, 6.45) is 0. The highest BCUT2D eigenvalue weighted by Gasteiger charge is 2.47. The highest BCUT2D eigenvalue weighted by molar-refractivity contribution is 6.09. The predicted molar refractivity (Wildman–Crippen MR) is 288 cm³/mol. The molecule has 0 aliphatic heterocycles. The Hall–Kier alpha value is -8.98. The quantitative estimate of drug-likeness (QED) is 0.151. The fourth-order valence-corrected chi connectivity index (χ4v) is 12.4. The van der Waals surface area contributed by atoms with E-state index in [1.165, 1.54) is 66.8 Å². The van der Waals surface area contributed by atoms with Gasteiger partial charge >= 0.3 is 0 Å². The van der Waals surface area contributed by atoms with Gasteiger partial charge in [0.1, 0.15) is 11.2 Å². The van der Waals surface area contributed by atoms with Crippen molar-refractivity contribution in [1.82, 2.24) is 0 Å². The molecular formula is C68H45NO. The van der Waals surface area contributed by atoms with Crippen LogP contribution < -0.4 is 4.90 Å². The fraction of sp³-hybridized carbons (Fsp3) is 0.0294. The van der Waals surface area contributed by atoms with Gasteiger partial charge in [0.25, 0.3) is 0 Å². The molecule has 0 unspecified atom stereocenters. The maximum atomic E-state index is 6.52. The first kappa shape index (κ1) is 40.1. The molecule has 0 fully saturated rings. The third-order valence-corrected chi connectivity index (χ3v) is 15.3. The van der Waals surface area contributed by atoms with E-state index in [1.54, 1.807) is 0 Å². The van der Waals surface area contributed by atoms with Crippen LogP contribution in [0, 0.1) is 0 Å². The van der Waals surface area contributed by atoms with Gasteiger partial charge in [-0.2, -0.15) is 0 Å². The minimum Gasteiger partial charge on any atom is -0.455 e. The Morgan fingerprint density at radius 1 is 0.257 bits per heavy atom. The lowest BCUT2D eigenvalue weighted by Crippen LogP contribution is -2.28. The van der Waals surface area contributed by atoms with E-state index in [4.69, 9.17) is 4.42 Å². The summed E-state index contributed by atoms with van der Waals surface area (Å²) in [5.74, 6) is 0. The molecule has 0 radical (unpaired) electrons. The van der Waals surface area contributed by atoms with Crippen LogP contribution in [0.2, 0.25) is 0 Å². The highest BCUT2D eigenvalue weighted by atomic mass is 16.3. The van der Waals surface area contributed by atoms with Gasteiger partial charge in [-0.1, -0.05) is 231 Å². The summed E-state index contributed by atoms with van der Waals surface area (Å²) in [5.41, 5.74) is 21.5. The van der Waals surface area contributed by atoms with Crippen LogP contribution in [-0.2, 0) is 10.8 Å². The van der Waals surface area contributed by atoms with Crippen molar-refractivity contribution in [3.63, 3.8) is 0 Å². The van der Waals surface area contributed by atoms with Crippen molar-refractivity contribution in [2.75, 3.05) is 4.90 Å². The normalized spacial score (nSPS) is 13.7. The van der Waals surface area contributed by atoms with Gasteiger partial charge < -0.3 is 9.32 Å². The lowest BCUT2D eigenvalue weighted by atomic mass is 9.67. The van der Waals surface area contributed by atoms with Crippen LogP contribution in [0.4, 0.5) is 17.1 Å². The Bertz CT molecular complexity index is 3650. The van der Waals surface area contributed by atoms with Gasteiger partial charge in [0.05, 0.1) is 10.8 Å². The Kier molecular flexibility index (Phi) is 9.06. The largest absolute Gasteiger partial charge is 0.455 e. The van der Waals surface area contributed by atoms with Crippen molar-refractivity contribution in [1.29, 1.82) is 0 Å². The van der Waals surface area contributed by atoms with Crippen LogP contribution in [0.15, 0.2) is 277 Å². The molecule has 12 aromatic rings. The molecule has 1 aromatic heterocycles. The molecular weight excluding hydrogens is 847 g/mol. The summed E-state index contributed by atoms with van der Waals surface area (Å²) >= 11 is 0. The molecule has 0 saturated carbocycles. The third kappa shape index (κ3) is 5.74. The summed E-state index contributed by atoms with van der Waals surface area (Å²) in [5, 5.41) is 2.26. The zero-order valence-corrected chi connectivity index (χ0v) is 38.3. The first-order valence-electron chi connectivity index (χ1n) is 24.2. The standard InChI is InChI=1S/C68H45NO/c1-3-18-47(19-4-1)67(61-29-12-7-22-55(61)56-23-8-13-30-62(56)67)49-36-42-52(43-37-49)69(51-40-34-46(35-41-51)54-27-17-28-60-59-26-11-16-33-65(59)70-66(54)60)53-44-38-50(39-45-53)68(48-20-5-2-6-21-48)63-31-14-9-24-57(63)58-25-10-15-32-64(58)68/h1-45H. The molecule has 328 valence electrons. The van der Waals surface area contributed by atoms with Crippen molar-refractivity contribution >= 4 is 39.0 Å². The van der Waals surface area contributed by atoms with Gasteiger partial charge in [0.15, 0.2) is 0 Å². The lowest BCUT2D eigenvalue weighted by molar-refractivity contribution is 0.670. The smallest absolute Gasteiger partial charge is 0.143 e. The molecule has 0 bridgehead atoms. The molecule has 70 heavy (non-hydrogen) atoms. The molecule has 0 N–H and O–H groups in total. The molecule has 0 saturated heterocycles. The van der Waals surface area contributed by atoms with Crippen LogP contribution in [0.3, 0.4) is 0 Å². The SMILES string of the molecule is c1ccc(C2(c3ccc(N(c4ccc(-c5cccc6c5oc5ccccc56)cc4)c4ccc(C5(c6ccccc6)c6ccccc6-c6ccccc65)cc4)cc3)c3ccccc3-c3ccccc32)cc1. The molecule has 1 heterocycles. The van der Waals surface area contributed by atoms with Crippen molar-refractivity contribution < 1.29 is 4.42 Å². The van der Waals surface area contributed by atoms with E-state index in [1.807, 2.05) is 6.07 Å². The zero-order valence-electron chi connectivity index (χ0n) is 38.3. The monoisotopic (exact) mass is 891 g/mol. The number of hydrogen-bond donors (Lipinski definition) is 0. The van der Waals surface area contributed by atoms with Crippen molar-refractivity contribution in [3.05, 3.63) is 317 Å². The van der Waals surface area contributed by atoms with Gasteiger partial charge in [-0.05, 0) is 115 Å². The van der Waals surface area contributed by atoms with E-state index < -0.39 is 10.8 Å².